The summed E-state index contributed by atoms with van der Waals surface area (Å²) in [4.78, 5) is 12.7. The maximum atomic E-state index is 12.9. The average molecular weight is 489 g/mol. The molecular formula is C22H24N4O5S2. The van der Waals surface area contributed by atoms with E-state index in [1.54, 1.807) is 24.3 Å². The van der Waals surface area contributed by atoms with Gasteiger partial charge in [0.2, 0.25) is 5.13 Å². The quantitative estimate of drug-likeness (QED) is 0.517. The van der Waals surface area contributed by atoms with Crippen LogP contribution in [0.4, 0.5) is 10.8 Å². The summed E-state index contributed by atoms with van der Waals surface area (Å²) in [6.07, 6.45) is 1.50. The predicted octanol–water partition coefficient (Wildman–Crippen LogP) is 3.95. The normalized spacial score (nSPS) is 13.4. The fourth-order valence-electron chi connectivity index (χ4n) is 3.15. The number of rotatable bonds is 7. The first kappa shape index (κ1) is 23.0. The van der Waals surface area contributed by atoms with Crippen LogP contribution in [0.2, 0.25) is 0 Å². The molecule has 11 heteroatoms. The number of amides is 1. The highest BCUT2D eigenvalue weighted by molar-refractivity contribution is 7.92. The fraction of sp³-hybridized carbons (Fsp3) is 0.318. The van der Waals surface area contributed by atoms with Crippen molar-refractivity contribution in [1.82, 2.24) is 10.2 Å². The largest absolute Gasteiger partial charge is 0.490 e. The second kappa shape index (κ2) is 9.75. The Kier molecular flexibility index (Phi) is 6.80. The summed E-state index contributed by atoms with van der Waals surface area (Å²) in [6, 6.07) is 10.7. The molecule has 1 aromatic heterocycles. The number of carbonyl (C=O) groups is 1. The maximum absolute atomic E-state index is 12.9. The summed E-state index contributed by atoms with van der Waals surface area (Å²) in [5, 5.41) is 12.0. The zero-order chi connectivity index (χ0) is 23.4. The van der Waals surface area contributed by atoms with Gasteiger partial charge in [0.05, 0.1) is 18.1 Å². The number of benzene rings is 2. The van der Waals surface area contributed by atoms with Crippen molar-refractivity contribution in [3.05, 3.63) is 53.0 Å². The molecule has 2 N–H and O–H groups in total. The first-order chi connectivity index (χ1) is 15.8. The molecule has 0 saturated carbocycles. The molecule has 0 aliphatic carbocycles. The van der Waals surface area contributed by atoms with Crippen molar-refractivity contribution >= 4 is 38.1 Å². The Morgan fingerprint density at radius 2 is 1.88 bits per heavy atom. The first-order valence-corrected chi connectivity index (χ1v) is 12.8. The van der Waals surface area contributed by atoms with Crippen LogP contribution in [0.25, 0.3) is 0 Å². The van der Waals surface area contributed by atoms with E-state index in [-0.39, 0.29) is 16.1 Å². The Labute approximate surface area is 196 Å². The van der Waals surface area contributed by atoms with E-state index in [0.717, 1.165) is 17.8 Å². The maximum Gasteiger partial charge on any atom is 0.262 e. The minimum absolute atomic E-state index is 0.0353. The van der Waals surface area contributed by atoms with Crippen LogP contribution in [0.5, 0.6) is 11.5 Å². The highest BCUT2D eigenvalue weighted by atomic mass is 32.2. The van der Waals surface area contributed by atoms with Gasteiger partial charge in [-0.15, -0.1) is 10.2 Å². The molecule has 0 fully saturated rings. The van der Waals surface area contributed by atoms with E-state index in [0.29, 0.717) is 35.8 Å². The van der Waals surface area contributed by atoms with Crippen LogP contribution in [0.3, 0.4) is 0 Å². The smallest absolute Gasteiger partial charge is 0.262 e. The fourth-order valence-corrected chi connectivity index (χ4v) is 5.17. The first-order valence-electron chi connectivity index (χ1n) is 10.5. The highest BCUT2D eigenvalue weighted by Gasteiger charge is 2.20. The SMILES string of the molecule is CC(C)Cc1nnc(NC(=O)c2cccc(NS(=O)(=O)c3ccc4c(c3)OCCCO4)c2)s1. The van der Waals surface area contributed by atoms with Gasteiger partial charge < -0.3 is 9.47 Å². The molecule has 1 aliphatic heterocycles. The van der Waals surface area contributed by atoms with E-state index in [1.807, 2.05) is 0 Å². The van der Waals surface area contributed by atoms with Gasteiger partial charge in [0.25, 0.3) is 15.9 Å². The van der Waals surface area contributed by atoms with Gasteiger partial charge in [-0.1, -0.05) is 31.3 Å². The van der Waals surface area contributed by atoms with Crippen molar-refractivity contribution < 1.29 is 22.7 Å². The molecule has 2 aromatic carbocycles. The Bertz CT molecular complexity index is 1260. The van der Waals surface area contributed by atoms with Gasteiger partial charge in [0.15, 0.2) is 11.5 Å². The molecule has 1 amide bonds. The molecule has 3 aromatic rings. The zero-order valence-corrected chi connectivity index (χ0v) is 19.8. The number of hydrogen-bond donors (Lipinski definition) is 2. The second-order valence-electron chi connectivity index (χ2n) is 7.90. The van der Waals surface area contributed by atoms with Gasteiger partial charge in [-0.05, 0) is 36.2 Å². The van der Waals surface area contributed by atoms with E-state index >= 15 is 0 Å². The number of ether oxygens (including phenoxy) is 2. The van der Waals surface area contributed by atoms with Crippen LogP contribution < -0.4 is 19.5 Å². The van der Waals surface area contributed by atoms with Crippen LogP contribution >= 0.6 is 11.3 Å². The van der Waals surface area contributed by atoms with E-state index in [4.69, 9.17) is 9.47 Å². The molecule has 2 heterocycles. The molecule has 0 radical (unpaired) electrons. The summed E-state index contributed by atoms with van der Waals surface area (Å²) in [6.45, 7) is 5.13. The molecule has 0 spiro atoms. The van der Waals surface area contributed by atoms with Crippen LogP contribution in [-0.4, -0.2) is 37.7 Å². The molecule has 0 saturated heterocycles. The topological polar surface area (TPSA) is 120 Å². The minimum atomic E-state index is -3.91. The van der Waals surface area contributed by atoms with E-state index in [1.165, 1.54) is 29.5 Å². The standard InChI is InChI=1S/C22H24N4O5S2/c1-14(2)11-20-24-25-22(32-20)23-21(27)15-5-3-6-16(12-15)26-33(28,29)17-7-8-18-19(13-17)31-10-4-9-30-18/h3,5-8,12-14,26H,4,9-11H2,1-2H3,(H,23,25,27). The number of aromatic nitrogens is 2. The van der Waals surface area contributed by atoms with E-state index in [2.05, 4.69) is 34.1 Å². The molecule has 0 atom stereocenters. The Hall–Kier alpha value is -3.18. The molecule has 0 bridgehead atoms. The lowest BCUT2D eigenvalue weighted by molar-refractivity contribution is 0.102. The van der Waals surface area contributed by atoms with Crippen LogP contribution in [0.15, 0.2) is 47.4 Å². The molecule has 9 nitrogen and oxygen atoms in total. The second-order valence-corrected chi connectivity index (χ2v) is 10.6. The van der Waals surface area contributed by atoms with Crippen molar-refractivity contribution in [1.29, 1.82) is 0 Å². The number of nitrogens with one attached hydrogen (secondary N) is 2. The summed E-state index contributed by atoms with van der Waals surface area (Å²) in [7, 11) is -3.91. The van der Waals surface area contributed by atoms with Gasteiger partial charge in [0.1, 0.15) is 5.01 Å². The zero-order valence-electron chi connectivity index (χ0n) is 18.2. The average Bonchev–Trinajstić information content (AvgIpc) is 3.05. The van der Waals surface area contributed by atoms with Crippen LogP contribution in [-0.2, 0) is 16.4 Å². The van der Waals surface area contributed by atoms with Crippen molar-refractivity contribution in [2.75, 3.05) is 23.3 Å². The summed E-state index contributed by atoms with van der Waals surface area (Å²) in [5.74, 6) is 0.930. The number of anilines is 2. The van der Waals surface area contributed by atoms with Crippen molar-refractivity contribution in [3.63, 3.8) is 0 Å². The molecule has 33 heavy (non-hydrogen) atoms. The lowest BCUT2D eigenvalue weighted by atomic mass is 10.1. The third-order valence-corrected chi connectivity index (χ3v) is 6.92. The summed E-state index contributed by atoms with van der Waals surface area (Å²) < 4.78 is 39.5. The highest BCUT2D eigenvalue weighted by Crippen LogP contribution is 2.32. The Morgan fingerprint density at radius 3 is 2.67 bits per heavy atom. The molecule has 1 aliphatic rings. The monoisotopic (exact) mass is 488 g/mol. The third kappa shape index (κ3) is 5.79. The van der Waals surface area contributed by atoms with Gasteiger partial charge in [-0.25, -0.2) is 8.42 Å². The van der Waals surface area contributed by atoms with Crippen LogP contribution in [0.1, 0.15) is 35.6 Å². The Balaban J connectivity index is 1.48. The number of sulfonamides is 1. The lowest BCUT2D eigenvalue weighted by Crippen LogP contribution is -2.15. The van der Waals surface area contributed by atoms with Gasteiger partial charge >= 0.3 is 0 Å². The molecule has 4 rings (SSSR count). The third-order valence-electron chi connectivity index (χ3n) is 4.68. The van der Waals surface area contributed by atoms with E-state index in [9.17, 15) is 13.2 Å². The molecule has 0 unspecified atom stereocenters. The molecular weight excluding hydrogens is 464 g/mol. The van der Waals surface area contributed by atoms with E-state index < -0.39 is 15.9 Å². The lowest BCUT2D eigenvalue weighted by Gasteiger charge is -2.12. The van der Waals surface area contributed by atoms with Gasteiger partial charge in [0, 0.05) is 30.2 Å². The number of fused-ring (bicyclic) bond motifs is 1. The molecule has 174 valence electrons. The number of carbonyl (C=O) groups excluding carboxylic acids is 1. The van der Waals surface area contributed by atoms with Gasteiger partial charge in [-0.2, -0.15) is 0 Å². The van der Waals surface area contributed by atoms with Crippen LogP contribution in [0, 0.1) is 5.92 Å². The van der Waals surface area contributed by atoms with Gasteiger partial charge in [-0.3, -0.25) is 14.8 Å². The number of nitrogens with zero attached hydrogens (tertiary/aromatic N) is 2. The summed E-state index contributed by atoms with van der Waals surface area (Å²) in [5.41, 5.74) is 0.544. The van der Waals surface area contributed by atoms with Crippen molar-refractivity contribution in [2.45, 2.75) is 31.6 Å². The minimum Gasteiger partial charge on any atom is -0.490 e. The van der Waals surface area contributed by atoms with Crippen molar-refractivity contribution in [2.24, 2.45) is 5.92 Å². The summed E-state index contributed by atoms with van der Waals surface area (Å²) >= 11 is 1.32. The predicted molar refractivity (Wildman–Crippen MR) is 126 cm³/mol. The van der Waals surface area contributed by atoms with Crippen molar-refractivity contribution in [3.8, 4) is 11.5 Å². The number of hydrogen-bond acceptors (Lipinski definition) is 8. The Morgan fingerprint density at radius 1 is 1.09 bits per heavy atom.